The fraction of sp³-hybridized carbons (Fsp3) is 0.316. The van der Waals surface area contributed by atoms with Gasteiger partial charge >= 0.3 is 11.7 Å². The number of nitrogens with zero attached hydrogens (tertiary/aromatic N) is 3. The Morgan fingerprint density at radius 3 is 3.00 bits per heavy atom. The summed E-state index contributed by atoms with van der Waals surface area (Å²) in [5, 5.41) is 3.58. The first-order valence-corrected chi connectivity index (χ1v) is 11.0. The van der Waals surface area contributed by atoms with Crippen LogP contribution in [0.25, 0.3) is 5.65 Å². The van der Waals surface area contributed by atoms with Crippen LogP contribution in [-0.4, -0.2) is 38.6 Å². The van der Waals surface area contributed by atoms with Crippen LogP contribution in [0.4, 0.5) is 5.00 Å². The third-order valence-electron chi connectivity index (χ3n) is 4.43. The Bertz CT molecular complexity index is 1150. The quantitative estimate of drug-likeness (QED) is 0.473. The zero-order valence-electron chi connectivity index (χ0n) is 15.6. The summed E-state index contributed by atoms with van der Waals surface area (Å²) in [5.74, 6) is -0.675. The molecule has 0 atom stereocenters. The van der Waals surface area contributed by atoms with Gasteiger partial charge in [-0.25, -0.2) is 14.6 Å². The maximum atomic E-state index is 12.5. The first kappa shape index (κ1) is 19.6. The van der Waals surface area contributed by atoms with Crippen molar-refractivity contribution in [2.75, 3.05) is 17.7 Å². The molecule has 1 N–H and O–H groups in total. The molecule has 0 bridgehead atoms. The highest BCUT2D eigenvalue weighted by Crippen LogP contribution is 2.39. The lowest BCUT2D eigenvalue weighted by Gasteiger charge is -2.08. The van der Waals surface area contributed by atoms with Crippen LogP contribution in [-0.2, 0) is 22.4 Å². The predicted octanol–water partition coefficient (Wildman–Crippen LogP) is 2.55. The fourth-order valence-electron chi connectivity index (χ4n) is 3.21. The largest absolute Gasteiger partial charge is 0.462 e. The van der Waals surface area contributed by atoms with Crippen LogP contribution >= 0.6 is 23.1 Å². The maximum Gasteiger partial charge on any atom is 0.355 e. The Kier molecular flexibility index (Phi) is 5.63. The monoisotopic (exact) mass is 430 g/mol. The number of aryl methyl sites for hydroxylation is 1. The lowest BCUT2D eigenvalue weighted by atomic mass is 10.1. The van der Waals surface area contributed by atoms with E-state index in [1.807, 2.05) is 0 Å². The van der Waals surface area contributed by atoms with E-state index in [2.05, 4.69) is 15.3 Å². The van der Waals surface area contributed by atoms with Gasteiger partial charge in [-0.3, -0.25) is 9.20 Å². The molecular weight excluding hydrogens is 412 g/mol. The van der Waals surface area contributed by atoms with Crippen LogP contribution in [0.1, 0.15) is 34.1 Å². The number of carbonyl (C=O) groups is 2. The van der Waals surface area contributed by atoms with Crippen molar-refractivity contribution in [1.82, 2.24) is 14.4 Å². The number of carbonyl (C=O) groups excluding carboxylic acids is 2. The second-order valence-corrected chi connectivity index (χ2v) is 8.38. The van der Waals surface area contributed by atoms with Crippen LogP contribution in [0.5, 0.6) is 0 Å². The summed E-state index contributed by atoms with van der Waals surface area (Å²) in [7, 11) is 0. The van der Waals surface area contributed by atoms with Gasteiger partial charge in [-0.05, 0) is 43.9 Å². The molecule has 0 saturated heterocycles. The summed E-state index contributed by atoms with van der Waals surface area (Å²) >= 11 is 2.50. The summed E-state index contributed by atoms with van der Waals surface area (Å²) in [4.78, 5) is 46.2. The molecule has 3 heterocycles. The molecule has 0 spiro atoms. The number of hydrogen-bond acceptors (Lipinski definition) is 8. The summed E-state index contributed by atoms with van der Waals surface area (Å²) in [6.07, 6.45) is 4.32. The Morgan fingerprint density at radius 2 is 2.17 bits per heavy atom. The van der Waals surface area contributed by atoms with Gasteiger partial charge < -0.3 is 10.1 Å². The van der Waals surface area contributed by atoms with Crippen LogP contribution in [0.2, 0.25) is 0 Å². The lowest BCUT2D eigenvalue weighted by Crippen LogP contribution is -2.20. The third kappa shape index (κ3) is 4.03. The van der Waals surface area contributed by atoms with Gasteiger partial charge in [0.2, 0.25) is 5.91 Å². The van der Waals surface area contributed by atoms with Gasteiger partial charge in [0.05, 0.1) is 17.9 Å². The van der Waals surface area contributed by atoms with Crippen molar-refractivity contribution in [3.63, 3.8) is 0 Å². The Hall–Kier alpha value is -2.72. The second kappa shape index (κ2) is 8.34. The van der Waals surface area contributed by atoms with Crippen molar-refractivity contribution >= 4 is 45.6 Å². The molecule has 3 aromatic heterocycles. The summed E-state index contributed by atoms with van der Waals surface area (Å²) < 4.78 is 6.51. The molecule has 4 rings (SSSR count). The molecule has 1 aliphatic carbocycles. The maximum absolute atomic E-state index is 12.5. The number of anilines is 1. The number of thiophene rings is 1. The number of hydrogen-bond donors (Lipinski definition) is 1. The van der Waals surface area contributed by atoms with E-state index >= 15 is 0 Å². The van der Waals surface area contributed by atoms with E-state index in [-0.39, 0.29) is 23.4 Å². The fourth-order valence-corrected chi connectivity index (χ4v) is 5.14. The minimum Gasteiger partial charge on any atom is -0.462 e. The first-order chi connectivity index (χ1) is 14.1. The molecule has 8 nitrogen and oxygen atoms in total. The summed E-state index contributed by atoms with van der Waals surface area (Å²) in [5.41, 5.74) is 1.48. The highest BCUT2D eigenvalue weighted by atomic mass is 32.2. The average molecular weight is 431 g/mol. The molecule has 0 radical (unpaired) electrons. The van der Waals surface area contributed by atoms with Crippen molar-refractivity contribution in [3.8, 4) is 0 Å². The van der Waals surface area contributed by atoms with Gasteiger partial charge in [-0.1, -0.05) is 17.8 Å². The van der Waals surface area contributed by atoms with E-state index in [0.29, 0.717) is 16.2 Å². The molecule has 0 fully saturated rings. The zero-order chi connectivity index (χ0) is 20.4. The zero-order valence-corrected chi connectivity index (χ0v) is 17.3. The molecule has 0 aliphatic heterocycles. The molecule has 10 heteroatoms. The molecule has 0 unspecified atom stereocenters. The van der Waals surface area contributed by atoms with Crippen LogP contribution in [0.15, 0.2) is 34.3 Å². The smallest absolute Gasteiger partial charge is 0.355 e. The summed E-state index contributed by atoms with van der Waals surface area (Å²) in [6, 6.07) is 5.19. The van der Waals surface area contributed by atoms with Gasteiger partial charge in [-0.15, -0.1) is 11.3 Å². The van der Waals surface area contributed by atoms with Crippen molar-refractivity contribution in [2.45, 2.75) is 31.3 Å². The minimum atomic E-state index is -0.446. The van der Waals surface area contributed by atoms with Crippen LogP contribution in [0, 0.1) is 0 Å². The van der Waals surface area contributed by atoms with Gasteiger partial charge in [0.1, 0.15) is 10.6 Å². The lowest BCUT2D eigenvalue weighted by molar-refractivity contribution is -0.113. The molecule has 150 valence electrons. The SMILES string of the molecule is CCOC(=O)c1c(NC(=O)CSc2nc(=O)n3ccccc3n2)sc2c1CCC2. The predicted molar refractivity (Wildman–Crippen MR) is 111 cm³/mol. The number of esters is 1. The molecule has 0 aromatic carbocycles. The topological polar surface area (TPSA) is 103 Å². The highest BCUT2D eigenvalue weighted by Gasteiger charge is 2.28. The van der Waals surface area contributed by atoms with E-state index in [1.54, 1.807) is 31.3 Å². The van der Waals surface area contributed by atoms with Crippen LogP contribution in [0.3, 0.4) is 0 Å². The van der Waals surface area contributed by atoms with Crippen LogP contribution < -0.4 is 11.0 Å². The number of amides is 1. The highest BCUT2D eigenvalue weighted by molar-refractivity contribution is 7.99. The standard InChI is InChI=1S/C19H18N4O4S2/c1-2-27-17(25)15-11-6-5-7-12(11)29-16(15)21-14(24)10-28-18-20-13-8-3-4-9-23(13)19(26)22-18/h3-4,8-9H,2,5-7,10H2,1H3,(H,21,24). The second-order valence-electron chi connectivity index (χ2n) is 6.34. The average Bonchev–Trinajstić information content (AvgIpc) is 3.27. The normalized spacial score (nSPS) is 12.7. The van der Waals surface area contributed by atoms with Gasteiger partial charge in [0.25, 0.3) is 0 Å². The molecule has 3 aromatic rings. The number of fused-ring (bicyclic) bond motifs is 2. The minimum absolute atomic E-state index is 0.0211. The third-order valence-corrected chi connectivity index (χ3v) is 6.49. The number of nitrogens with one attached hydrogen (secondary N) is 1. The first-order valence-electron chi connectivity index (χ1n) is 9.16. The molecule has 1 amide bonds. The molecular formula is C19H18N4O4S2. The molecule has 1 aliphatic rings. The van der Waals surface area contributed by atoms with Gasteiger partial charge in [-0.2, -0.15) is 4.98 Å². The number of pyridine rings is 1. The van der Waals surface area contributed by atoms with E-state index in [4.69, 9.17) is 4.74 Å². The van der Waals surface area contributed by atoms with Crippen molar-refractivity contribution < 1.29 is 14.3 Å². The van der Waals surface area contributed by atoms with E-state index in [1.165, 1.54) is 15.7 Å². The number of thioether (sulfide) groups is 1. The number of aromatic nitrogens is 3. The van der Waals surface area contributed by atoms with E-state index < -0.39 is 11.7 Å². The Balaban J connectivity index is 1.48. The van der Waals surface area contributed by atoms with Gasteiger partial charge in [0, 0.05) is 11.1 Å². The Morgan fingerprint density at radius 1 is 1.31 bits per heavy atom. The van der Waals surface area contributed by atoms with Crippen molar-refractivity contribution in [1.29, 1.82) is 0 Å². The molecule has 29 heavy (non-hydrogen) atoms. The number of rotatable bonds is 6. The van der Waals surface area contributed by atoms with Gasteiger partial charge in [0.15, 0.2) is 5.16 Å². The van der Waals surface area contributed by atoms with Crippen molar-refractivity contribution in [2.24, 2.45) is 0 Å². The number of ether oxygens (including phenoxy) is 1. The van der Waals surface area contributed by atoms with Crippen molar-refractivity contribution in [3.05, 3.63) is 50.9 Å². The molecule has 0 saturated carbocycles. The Labute approximate surface area is 174 Å². The van der Waals surface area contributed by atoms with E-state index in [9.17, 15) is 14.4 Å². The summed E-state index contributed by atoms with van der Waals surface area (Å²) in [6.45, 7) is 2.03. The van der Waals surface area contributed by atoms with E-state index in [0.717, 1.165) is 41.5 Å².